The van der Waals surface area contributed by atoms with Gasteiger partial charge in [-0.2, -0.15) is 0 Å². The van der Waals surface area contributed by atoms with E-state index in [1.54, 1.807) is 18.2 Å². The van der Waals surface area contributed by atoms with Gasteiger partial charge in [0, 0.05) is 44.0 Å². The van der Waals surface area contributed by atoms with E-state index in [-0.39, 0.29) is 11.5 Å². The second-order valence-corrected chi connectivity index (χ2v) is 7.00. The SMILES string of the molecule is CCCCC(=O)Nc1ccc(N2CCN(c3ccccc3)CC2)c(C(=O)O)c1. The molecule has 0 spiro atoms. The van der Waals surface area contributed by atoms with Gasteiger partial charge in [-0.25, -0.2) is 4.79 Å². The lowest BCUT2D eigenvalue weighted by atomic mass is 10.1. The first kappa shape index (κ1) is 19.7. The van der Waals surface area contributed by atoms with Crippen molar-refractivity contribution < 1.29 is 14.7 Å². The fourth-order valence-electron chi connectivity index (χ4n) is 3.47. The number of anilines is 3. The Balaban J connectivity index is 1.70. The highest BCUT2D eigenvalue weighted by Crippen LogP contribution is 2.27. The molecule has 0 radical (unpaired) electrons. The van der Waals surface area contributed by atoms with Gasteiger partial charge < -0.3 is 20.2 Å². The van der Waals surface area contributed by atoms with Crippen LogP contribution in [0.4, 0.5) is 17.1 Å². The van der Waals surface area contributed by atoms with E-state index in [9.17, 15) is 14.7 Å². The number of carboxylic acids is 1. The number of unbranched alkanes of at least 4 members (excludes halogenated alkanes) is 1. The molecule has 0 aliphatic carbocycles. The van der Waals surface area contributed by atoms with Crippen LogP contribution in [0.3, 0.4) is 0 Å². The highest BCUT2D eigenvalue weighted by atomic mass is 16.4. The van der Waals surface area contributed by atoms with E-state index in [0.717, 1.165) is 39.0 Å². The summed E-state index contributed by atoms with van der Waals surface area (Å²) in [7, 11) is 0. The monoisotopic (exact) mass is 381 g/mol. The molecule has 1 amide bonds. The molecule has 6 nitrogen and oxygen atoms in total. The average Bonchev–Trinajstić information content (AvgIpc) is 2.73. The van der Waals surface area contributed by atoms with Crippen LogP contribution >= 0.6 is 0 Å². The molecular formula is C22H27N3O3. The molecular weight excluding hydrogens is 354 g/mol. The molecule has 28 heavy (non-hydrogen) atoms. The highest BCUT2D eigenvalue weighted by Gasteiger charge is 2.22. The molecule has 0 bridgehead atoms. The summed E-state index contributed by atoms with van der Waals surface area (Å²) in [5.41, 5.74) is 2.64. The van der Waals surface area contributed by atoms with E-state index in [0.29, 0.717) is 17.8 Å². The van der Waals surface area contributed by atoms with Crippen molar-refractivity contribution in [2.24, 2.45) is 0 Å². The Morgan fingerprint density at radius 2 is 1.68 bits per heavy atom. The number of hydrogen-bond acceptors (Lipinski definition) is 4. The van der Waals surface area contributed by atoms with Crippen LogP contribution < -0.4 is 15.1 Å². The predicted octanol–water partition coefficient (Wildman–Crippen LogP) is 3.84. The fraction of sp³-hybridized carbons (Fsp3) is 0.364. The van der Waals surface area contributed by atoms with E-state index < -0.39 is 5.97 Å². The molecule has 3 rings (SSSR count). The molecule has 2 aromatic carbocycles. The second-order valence-electron chi connectivity index (χ2n) is 7.00. The van der Waals surface area contributed by atoms with Gasteiger partial charge in [0.05, 0.1) is 11.3 Å². The Morgan fingerprint density at radius 1 is 1.00 bits per heavy atom. The molecule has 2 N–H and O–H groups in total. The first-order chi connectivity index (χ1) is 13.6. The lowest BCUT2D eigenvalue weighted by molar-refractivity contribution is -0.116. The fourth-order valence-corrected chi connectivity index (χ4v) is 3.47. The van der Waals surface area contributed by atoms with Gasteiger partial charge in [0.15, 0.2) is 0 Å². The van der Waals surface area contributed by atoms with Crippen molar-refractivity contribution in [2.45, 2.75) is 26.2 Å². The number of carboxylic acid groups (broad SMARTS) is 1. The number of rotatable bonds is 7. The van der Waals surface area contributed by atoms with E-state index in [1.807, 2.05) is 25.1 Å². The molecule has 6 heteroatoms. The van der Waals surface area contributed by atoms with Gasteiger partial charge in [-0.1, -0.05) is 31.5 Å². The summed E-state index contributed by atoms with van der Waals surface area (Å²) in [6.07, 6.45) is 2.21. The Labute approximate surface area is 165 Å². The molecule has 1 saturated heterocycles. The van der Waals surface area contributed by atoms with Gasteiger partial charge in [0.25, 0.3) is 0 Å². The first-order valence-corrected chi connectivity index (χ1v) is 9.80. The molecule has 1 aliphatic rings. The normalized spacial score (nSPS) is 14.0. The Kier molecular flexibility index (Phi) is 6.53. The Bertz CT molecular complexity index is 815. The second kappa shape index (κ2) is 9.26. The van der Waals surface area contributed by atoms with E-state index in [4.69, 9.17) is 0 Å². The van der Waals surface area contributed by atoms with E-state index in [2.05, 4.69) is 27.2 Å². The zero-order chi connectivity index (χ0) is 19.9. The third-order valence-corrected chi connectivity index (χ3v) is 5.01. The summed E-state index contributed by atoms with van der Waals surface area (Å²) < 4.78 is 0. The molecule has 1 heterocycles. The van der Waals surface area contributed by atoms with Gasteiger partial charge in [-0.15, -0.1) is 0 Å². The maximum atomic E-state index is 11.9. The van der Waals surface area contributed by atoms with Gasteiger partial charge in [0.1, 0.15) is 0 Å². The van der Waals surface area contributed by atoms with Crippen LogP contribution in [0.2, 0.25) is 0 Å². The lowest BCUT2D eigenvalue weighted by Crippen LogP contribution is -2.47. The summed E-state index contributed by atoms with van der Waals surface area (Å²) in [5.74, 6) is -1.06. The van der Waals surface area contributed by atoms with Gasteiger partial charge in [0.2, 0.25) is 5.91 Å². The maximum Gasteiger partial charge on any atom is 0.337 e. The van der Waals surface area contributed by atoms with Crippen LogP contribution in [-0.2, 0) is 4.79 Å². The van der Waals surface area contributed by atoms with E-state index in [1.165, 1.54) is 5.69 Å². The predicted molar refractivity (Wildman–Crippen MR) is 112 cm³/mol. The first-order valence-electron chi connectivity index (χ1n) is 9.80. The summed E-state index contributed by atoms with van der Waals surface area (Å²) in [6, 6.07) is 15.4. The minimum absolute atomic E-state index is 0.0811. The molecule has 2 aromatic rings. The number of para-hydroxylation sites is 1. The topological polar surface area (TPSA) is 72.9 Å². The lowest BCUT2D eigenvalue weighted by Gasteiger charge is -2.38. The summed E-state index contributed by atoms with van der Waals surface area (Å²) in [5, 5.41) is 12.5. The number of nitrogens with zero attached hydrogens (tertiary/aromatic N) is 2. The van der Waals surface area contributed by atoms with Gasteiger partial charge >= 0.3 is 5.97 Å². The largest absolute Gasteiger partial charge is 0.478 e. The smallest absolute Gasteiger partial charge is 0.337 e. The molecule has 148 valence electrons. The zero-order valence-electron chi connectivity index (χ0n) is 16.2. The Hall–Kier alpha value is -3.02. The van der Waals surface area contributed by atoms with E-state index >= 15 is 0 Å². The van der Waals surface area contributed by atoms with Crippen molar-refractivity contribution in [3.63, 3.8) is 0 Å². The molecule has 0 atom stereocenters. The number of carbonyl (C=O) groups excluding carboxylic acids is 1. The number of carbonyl (C=O) groups is 2. The summed E-state index contributed by atoms with van der Waals surface area (Å²) in [4.78, 5) is 28.2. The third kappa shape index (κ3) is 4.82. The van der Waals surface area contributed by atoms with Crippen molar-refractivity contribution in [2.75, 3.05) is 41.3 Å². The maximum absolute atomic E-state index is 11.9. The number of piperazine rings is 1. The standard InChI is InChI=1S/C22H27N3O3/c1-2-3-9-21(26)23-17-10-11-20(19(16-17)22(27)28)25-14-12-24(13-15-25)18-7-5-4-6-8-18/h4-8,10-11,16H,2-3,9,12-15H2,1H3,(H,23,26)(H,27,28). The highest BCUT2D eigenvalue weighted by molar-refractivity contribution is 5.98. The third-order valence-electron chi connectivity index (χ3n) is 5.01. The average molecular weight is 381 g/mol. The number of nitrogens with one attached hydrogen (secondary N) is 1. The van der Waals surface area contributed by atoms with Crippen LogP contribution in [-0.4, -0.2) is 43.2 Å². The van der Waals surface area contributed by atoms with Crippen LogP contribution in [0.15, 0.2) is 48.5 Å². The summed E-state index contributed by atoms with van der Waals surface area (Å²) >= 11 is 0. The van der Waals surface area contributed by atoms with Crippen molar-refractivity contribution >= 4 is 28.9 Å². The van der Waals surface area contributed by atoms with Crippen molar-refractivity contribution in [3.05, 3.63) is 54.1 Å². The number of amides is 1. The molecule has 1 fully saturated rings. The van der Waals surface area contributed by atoms with Crippen LogP contribution in [0.1, 0.15) is 36.5 Å². The molecule has 0 saturated carbocycles. The number of aromatic carboxylic acids is 1. The van der Waals surface area contributed by atoms with Crippen molar-refractivity contribution in [1.82, 2.24) is 0 Å². The number of hydrogen-bond donors (Lipinski definition) is 2. The zero-order valence-corrected chi connectivity index (χ0v) is 16.2. The minimum atomic E-state index is -0.981. The Morgan fingerprint density at radius 3 is 2.32 bits per heavy atom. The van der Waals surface area contributed by atoms with Gasteiger partial charge in [-0.3, -0.25) is 4.79 Å². The van der Waals surface area contributed by atoms with Crippen LogP contribution in [0, 0.1) is 0 Å². The summed E-state index contributed by atoms with van der Waals surface area (Å²) in [6.45, 7) is 5.19. The van der Waals surface area contributed by atoms with Crippen LogP contribution in [0.25, 0.3) is 0 Å². The van der Waals surface area contributed by atoms with Crippen molar-refractivity contribution in [3.8, 4) is 0 Å². The van der Waals surface area contributed by atoms with Crippen molar-refractivity contribution in [1.29, 1.82) is 0 Å². The van der Waals surface area contributed by atoms with Gasteiger partial charge in [-0.05, 0) is 36.8 Å². The minimum Gasteiger partial charge on any atom is -0.478 e. The van der Waals surface area contributed by atoms with Crippen LogP contribution in [0.5, 0.6) is 0 Å². The quantitative estimate of drug-likeness (QED) is 0.762. The molecule has 0 aromatic heterocycles. The molecule has 0 unspecified atom stereocenters. The molecule has 1 aliphatic heterocycles. The number of benzene rings is 2.